The number of halogens is 3. The van der Waals surface area contributed by atoms with Gasteiger partial charge in [-0.2, -0.15) is 23.3 Å². The van der Waals surface area contributed by atoms with Crippen molar-refractivity contribution in [1.82, 2.24) is 24.6 Å². The normalized spacial score (nSPS) is 15.5. The third-order valence-corrected chi connectivity index (χ3v) is 8.52. The van der Waals surface area contributed by atoms with Gasteiger partial charge in [0.1, 0.15) is 11.4 Å². The molecule has 0 saturated carbocycles. The second-order valence-corrected chi connectivity index (χ2v) is 12.1. The number of carbonyl (C=O) groups excluding carboxylic acids is 1. The third-order valence-electron chi connectivity index (χ3n) is 6.78. The summed E-state index contributed by atoms with van der Waals surface area (Å²) in [7, 11) is 2.27. The quantitative estimate of drug-likeness (QED) is 0.237. The number of nitrogens with zero attached hydrogens (tertiary/aromatic N) is 5. The number of ether oxygens (including phenoxy) is 1. The molecular formula is C30H33F3N7O3P. The summed E-state index contributed by atoms with van der Waals surface area (Å²) in [5, 5.41) is 10.2. The fraction of sp³-hybridized carbons (Fsp3) is 0.333. The summed E-state index contributed by atoms with van der Waals surface area (Å²) in [6, 6.07) is 12.4. The fourth-order valence-corrected chi connectivity index (χ4v) is 6.17. The maximum absolute atomic E-state index is 14.0. The number of amides is 1. The zero-order valence-corrected chi connectivity index (χ0v) is 25.5. The monoisotopic (exact) mass is 627 g/mol. The molecule has 14 heteroatoms. The second kappa shape index (κ2) is 13.7. The van der Waals surface area contributed by atoms with E-state index >= 15 is 0 Å². The van der Waals surface area contributed by atoms with Crippen molar-refractivity contribution in [3.63, 3.8) is 0 Å². The Labute approximate surface area is 254 Å². The lowest BCUT2D eigenvalue weighted by Crippen LogP contribution is -2.23. The van der Waals surface area contributed by atoms with Crippen LogP contribution in [0.15, 0.2) is 61.1 Å². The molecule has 0 saturated heterocycles. The predicted octanol–water partition coefficient (Wildman–Crippen LogP) is 6.86. The van der Waals surface area contributed by atoms with Gasteiger partial charge in [-0.05, 0) is 48.7 Å². The van der Waals surface area contributed by atoms with Crippen molar-refractivity contribution in [3.8, 4) is 11.1 Å². The first kappa shape index (κ1) is 31.4. The summed E-state index contributed by atoms with van der Waals surface area (Å²) in [6.07, 6.45) is 1.48. The zero-order valence-electron chi connectivity index (χ0n) is 24.6. The van der Waals surface area contributed by atoms with E-state index in [1.165, 1.54) is 4.90 Å². The minimum atomic E-state index is -4.74. The molecule has 6 heterocycles. The van der Waals surface area contributed by atoms with Crippen LogP contribution >= 0.6 is 8.15 Å². The summed E-state index contributed by atoms with van der Waals surface area (Å²) in [4.78, 5) is 22.7. The van der Waals surface area contributed by atoms with Gasteiger partial charge >= 0.3 is 6.18 Å². The minimum Gasteiger partial charge on any atom is -0.375 e. The number of nitrogens with one attached hydrogen (secondary N) is 2. The number of hydrogen-bond acceptors (Lipinski definition) is 8. The minimum absolute atomic E-state index is 0.0400. The number of benzene rings is 2. The van der Waals surface area contributed by atoms with E-state index in [0.717, 1.165) is 23.7 Å². The molecule has 2 N–H and O–H groups in total. The zero-order chi connectivity index (χ0) is 31.3. The number of anilines is 4. The standard InChI is InChI=1S/C30H33F3N7O3P/c1-4-42-19-44-18-20-6-9-23(10-7-20)36-29-34-16-25(30(31,32)33)27(38-29)37-26-11-8-21(14-24(26)28(41)39(2)3)22-15-35-40(17-22)12-5-13-43-44/h6-11,14-17H,4-5,12-13,18-19H2,1-3H3,(H2,34,36,37,38). The molecule has 1 unspecified atom stereocenters. The molecule has 0 aliphatic carbocycles. The lowest BCUT2D eigenvalue weighted by molar-refractivity contribution is -0.137. The Morgan fingerprint density at radius 3 is 2.64 bits per heavy atom. The van der Waals surface area contributed by atoms with Gasteiger partial charge in [0, 0.05) is 57.1 Å². The van der Waals surface area contributed by atoms with Crippen LogP contribution in [-0.4, -0.2) is 64.2 Å². The summed E-state index contributed by atoms with van der Waals surface area (Å²) in [5.41, 5.74) is 2.37. The average Bonchev–Trinajstić information content (AvgIpc) is 3.47. The summed E-state index contributed by atoms with van der Waals surface area (Å²) >= 11 is 0. The second-order valence-electron chi connectivity index (χ2n) is 10.3. The number of hydrogen-bond donors (Lipinski definition) is 2. The van der Waals surface area contributed by atoms with Crippen LogP contribution in [0.4, 0.5) is 36.3 Å². The van der Waals surface area contributed by atoms with Crippen molar-refractivity contribution in [1.29, 1.82) is 0 Å². The van der Waals surface area contributed by atoms with Gasteiger partial charge in [-0.25, -0.2) is 4.98 Å². The number of aromatic nitrogens is 4. The van der Waals surface area contributed by atoms with Gasteiger partial charge in [0.15, 0.2) is 0 Å². The maximum Gasteiger partial charge on any atom is 0.421 e. The SMILES string of the molecule is CCOCP1Cc2ccc(cc2)Nc2ncc(C(F)(F)F)c(n2)Nc2ccc(cc2C(=O)N(C)C)-c2cnn(c2)CCCO1. The molecule has 4 aliphatic heterocycles. The highest BCUT2D eigenvalue weighted by atomic mass is 31.1. The smallest absolute Gasteiger partial charge is 0.375 e. The Balaban J connectivity index is 1.56. The van der Waals surface area contributed by atoms with Crippen molar-refractivity contribution in [2.45, 2.75) is 32.2 Å². The molecule has 1 atom stereocenters. The highest BCUT2D eigenvalue weighted by Gasteiger charge is 2.36. The van der Waals surface area contributed by atoms with E-state index in [9.17, 15) is 18.0 Å². The Morgan fingerprint density at radius 2 is 1.91 bits per heavy atom. The molecule has 232 valence electrons. The van der Waals surface area contributed by atoms with Crippen molar-refractivity contribution < 1.29 is 27.2 Å². The van der Waals surface area contributed by atoms with E-state index in [1.54, 1.807) is 43.2 Å². The van der Waals surface area contributed by atoms with Crippen LogP contribution in [0.5, 0.6) is 0 Å². The van der Waals surface area contributed by atoms with Gasteiger partial charge in [0.05, 0.1) is 38.6 Å². The highest BCUT2D eigenvalue weighted by Crippen LogP contribution is 2.41. The first-order valence-electron chi connectivity index (χ1n) is 14.0. The van der Waals surface area contributed by atoms with Crippen molar-refractivity contribution in [2.24, 2.45) is 0 Å². The van der Waals surface area contributed by atoms with E-state index in [2.05, 4.69) is 25.7 Å². The van der Waals surface area contributed by atoms with Crippen LogP contribution in [0.3, 0.4) is 0 Å². The maximum atomic E-state index is 14.0. The van der Waals surface area contributed by atoms with E-state index < -0.39 is 31.6 Å². The molecular weight excluding hydrogens is 594 g/mol. The highest BCUT2D eigenvalue weighted by molar-refractivity contribution is 7.51. The predicted molar refractivity (Wildman–Crippen MR) is 163 cm³/mol. The number of alkyl halides is 3. The van der Waals surface area contributed by atoms with Gasteiger partial charge in [-0.3, -0.25) is 9.48 Å². The Hall–Kier alpha value is -4.06. The van der Waals surface area contributed by atoms with Gasteiger partial charge in [0.2, 0.25) is 5.95 Å². The van der Waals surface area contributed by atoms with Crippen molar-refractivity contribution >= 4 is 37.2 Å². The van der Waals surface area contributed by atoms with E-state index in [1.807, 2.05) is 37.4 Å². The lowest BCUT2D eigenvalue weighted by atomic mass is 10.0. The van der Waals surface area contributed by atoms with Crippen molar-refractivity contribution in [2.75, 3.05) is 44.3 Å². The molecule has 0 spiro atoms. The molecule has 8 rings (SSSR count). The van der Waals surface area contributed by atoms with E-state index in [-0.39, 0.29) is 17.2 Å². The molecule has 10 nitrogen and oxygen atoms in total. The average molecular weight is 628 g/mol. The molecule has 2 aromatic heterocycles. The largest absolute Gasteiger partial charge is 0.421 e. The number of aryl methyl sites for hydroxylation is 1. The van der Waals surface area contributed by atoms with Crippen LogP contribution in [0.25, 0.3) is 11.1 Å². The van der Waals surface area contributed by atoms with Gasteiger partial charge in [-0.15, -0.1) is 0 Å². The van der Waals surface area contributed by atoms with Crippen LogP contribution in [0.1, 0.15) is 34.8 Å². The summed E-state index contributed by atoms with van der Waals surface area (Å²) in [6.45, 7) is 3.70. The molecule has 2 aromatic carbocycles. The van der Waals surface area contributed by atoms with Crippen LogP contribution in [-0.2, 0) is 28.1 Å². The fourth-order valence-electron chi connectivity index (χ4n) is 4.53. The molecule has 8 bridgehead atoms. The molecule has 4 aromatic rings. The first-order valence-corrected chi connectivity index (χ1v) is 15.6. The van der Waals surface area contributed by atoms with E-state index in [4.69, 9.17) is 9.26 Å². The molecule has 44 heavy (non-hydrogen) atoms. The molecule has 4 aliphatic rings. The summed E-state index contributed by atoms with van der Waals surface area (Å²) < 4.78 is 55.8. The van der Waals surface area contributed by atoms with Crippen LogP contribution < -0.4 is 10.6 Å². The van der Waals surface area contributed by atoms with Gasteiger partial charge in [-0.1, -0.05) is 18.2 Å². The molecule has 1 amide bonds. The van der Waals surface area contributed by atoms with Gasteiger partial charge < -0.3 is 24.8 Å². The topological polar surface area (TPSA) is 106 Å². The van der Waals surface area contributed by atoms with Crippen LogP contribution in [0, 0.1) is 0 Å². The van der Waals surface area contributed by atoms with Crippen molar-refractivity contribution in [3.05, 3.63) is 77.7 Å². The third kappa shape index (κ3) is 7.71. The van der Waals surface area contributed by atoms with Gasteiger partial charge in [0.25, 0.3) is 5.91 Å². The molecule has 0 radical (unpaired) electrons. The Bertz CT molecular complexity index is 1600. The van der Waals surface area contributed by atoms with Crippen LogP contribution in [0.2, 0.25) is 0 Å². The Morgan fingerprint density at radius 1 is 1.11 bits per heavy atom. The number of rotatable bonds is 4. The molecule has 0 fully saturated rings. The van der Waals surface area contributed by atoms with E-state index in [0.29, 0.717) is 43.5 Å². The lowest BCUT2D eigenvalue weighted by Gasteiger charge is -2.19. The number of carbonyl (C=O) groups is 1. The summed E-state index contributed by atoms with van der Waals surface area (Å²) in [5.74, 6) is -0.916. The first-order chi connectivity index (χ1) is 21.1. The Kier molecular flexibility index (Phi) is 9.77.